The van der Waals surface area contributed by atoms with Crippen molar-refractivity contribution in [3.63, 3.8) is 0 Å². The average molecular weight is 237 g/mol. The van der Waals surface area contributed by atoms with E-state index in [1.54, 1.807) is 11.3 Å². The van der Waals surface area contributed by atoms with Crippen LogP contribution in [0.25, 0.3) is 0 Å². The van der Waals surface area contributed by atoms with E-state index in [4.69, 9.17) is 0 Å². The number of fused-ring (bicyclic) bond motifs is 1. The third kappa shape index (κ3) is 1.60. The Morgan fingerprint density at radius 2 is 2.44 bits per heavy atom. The van der Waals surface area contributed by atoms with Crippen LogP contribution in [0.2, 0.25) is 0 Å². The maximum absolute atomic E-state index is 4.16. The van der Waals surface area contributed by atoms with Crippen molar-refractivity contribution in [1.82, 2.24) is 15.2 Å². The van der Waals surface area contributed by atoms with Crippen LogP contribution in [0.4, 0.5) is 0 Å². The van der Waals surface area contributed by atoms with Crippen LogP contribution < -0.4 is 5.32 Å². The summed E-state index contributed by atoms with van der Waals surface area (Å²) in [5.41, 5.74) is 2.26. The van der Waals surface area contributed by atoms with Crippen molar-refractivity contribution in [3.8, 4) is 0 Å². The predicted octanol–water partition coefficient (Wildman–Crippen LogP) is 1.57. The first-order chi connectivity index (χ1) is 7.68. The molecule has 2 fully saturated rings. The summed E-state index contributed by atoms with van der Waals surface area (Å²) < 4.78 is 0. The second-order valence-corrected chi connectivity index (χ2v) is 6.50. The number of aromatic nitrogens is 1. The van der Waals surface area contributed by atoms with Gasteiger partial charge in [-0.05, 0) is 32.2 Å². The van der Waals surface area contributed by atoms with Crippen LogP contribution in [0.1, 0.15) is 18.7 Å². The molecule has 0 radical (unpaired) electrons. The van der Waals surface area contributed by atoms with E-state index >= 15 is 0 Å². The second-order valence-electron chi connectivity index (χ2n) is 5.53. The highest BCUT2D eigenvalue weighted by Crippen LogP contribution is 2.41. The van der Waals surface area contributed by atoms with Gasteiger partial charge in [0.25, 0.3) is 0 Å². The minimum absolute atomic E-state index is 0.332. The first kappa shape index (κ1) is 10.7. The zero-order valence-corrected chi connectivity index (χ0v) is 10.8. The fourth-order valence-electron chi connectivity index (χ4n) is 3.28. The van der Waals surface area contributed by atoms with Gasteiger partial charge in [-0.3, -0.25) is 9.88 Å². The number of likely N-dealkylation sites (tertiary alicyclic amines) is 1. The maximum Gasteiger partial charge on any atom is 0.0794 e. The molecule has 0 amide bonds. The van der Waals surface area contributed by atoms with Gasteiger partial charge in [0, 0.05) is 36.2 Å². The summed E-state index contributed by atoms with van der Waals surface area (Å²) >= 11 is 1.77. The maximum atomic E-state index is 4.16. The molecule has 1 aromatic rings. The first-order valence-corrected chi connectivity index (χ1v) is 6.89. The molecular weight excluding hydrogens is 218 g/mol. The fourth-order valence-corrected chi connectivity index (χ4v) is 3.89. The van der Waals surface area contributed by atoms with Crippen molar-refractivity contribution >= 4 is 11.3 Å². The summed E-state index contributed by atoms with van der Waals surface area (Å²) in [5.74, 6) is 1.67. The molecule has 3 heterocycles. The Morgan fingerprint density at radius 3 is 3.12 bits per heavy atom. The zero-order valence-electron chi connectivity index (χ0n) is 9.94. The number of nitrogens with zero attached hydrogens (tertiary/aromatic N) is 2. The normalized spacial score (nSPS) is 33.1. The molecule has 2 unspecified atom stereocenters. The fraction of sp³-hybridized carbons (Fsp3) is 0.750. The third-order valence-electron chi connectivity index (χ3n) is 4.35. The van der Waals surface area contributed by atoms with E-state index < -0.39 is 0 Å². The van der Waals surface area contributed by atoms with Crippen molar-refractivity contribution in [1.29, 1.82) is 0 Å². The lowest BCUT2D eigenvalue weighted by Crippen LogP contribution is -2.43. The third-order valence-corrected chi connectivity index (χ3v) is 5.11. The summed E-state index contributed by atoms with van der Waals surface area (Å²) in [4.78, 5) is 8.19. The monoisotopic (exact) mass is 237 g/mol. The van der Waals surface area contributed by atoms with Gasteiger partial charge >= 0.3 is 0 Å². The summed E-state index contributed by atoms with van der Waals surface area (Å²) in [6.45, 7) is 9.49. The van der Waals surface area contributed by atoms with E-state index in [1.165, 1.54) is 24.5 Å². The lowest BCUT2D eigenvalue weighted by Gasteiger charge is -2.35. The number of thiazole rings is 1. The van der Waals surface area contributed by atoms with E-state index in [9.17, 15) is 0 Å². The smallest absolute Gasteiger partial charge is 0.0794 e. The van der Waals surface area contributed by atoms with Crippen LogP contribution in [0.5, 0.6) is 0 Å². The summed E-state index contributed by atoms with van der Waals surface area (Å²) in [6.07, 6.45) is 2.01. The van der Waals surface area contributed by atoms with Crippen molar-refractivity contribution in [3.05, 3.63) is 16.6 Å². The average Bonchev–Trinajstić information content (AvgIpc) is 2.89. The van der Waals surface area contributed by atoms with E-state index in [0.29, 0.717) is 5.54 Å². The summed E-state index contributed by atoms with van der Waals surface area (Å²) in [5, 5.41) is 3.52. The molecule has 3 rings (SSSR count). The molecule has 2 aliphatic rings. The number of hydrogen-bond donors (Lipinski definition) is 1. The Hall–Kier alpha value is -0.450. The minimum Gasteiger partial charge on any atom is -0.316 e. The molecular formula is C12H19N3S. The van der Waals surface area contributed by atoms with Gasteiger partial charge in [-0.15, -0.1) is 11.3 Å². The summed E-state index contributed by atoms with van der Waals surface area (Å²) in [6, 6.07) is 0. The van der Waals surface area contributed by atoms with E-state index in [-0.39, 0.29) is 0 Å². The zero-order chi connectivity index (χ0) is 11.2. The van der Waals surface area contributed by atoms with Gasteiger partial charge in [-0.25, -0.2) is 0 Å². The van der Waals surface area contributed by atoms with Crippen molar-refractivity contribution in [2.45, 2.75) is 25.9 Å². The second kappa shape index (κ2) is 3.79. The first-order valence-electron chi connectivity index (χ1n) is 6.01. The number of rotatable bonds is 2. The lowest BCUT2D eigenvalue weighted by molar-refractivity contribution is 0.133. The van der Waals surface area contributed by atoms with Crippen LogP contribution in [0.3, 0.4) is 0 Å². The SMILES string of the molecule is CC1(C)C2CNCC2CN1Cc1cncs1. The van der Waals surface area contributed by atoms with E-state index in [1.807, 2.05) is 11.7 Å². The van der Waals surface area contributed by atoms with Crippen LogP contribution in [-0.4, -0.2) is 35.1 Å². The quantitative estimate of drug-likeness (QED) is 0.846. The topological polar surface area (TPSA) is 28.2 Å². The Kier molecular flexibility index (Phi) is 2.53. The standard InChI is InChI=1S/C12H19N3S/c1-12(2)11-5-13-3-9(11)6-15(12)7-10-4-14-8-16-10/h4,8-9,11,13H,3,5-7H2,1-2H3. The van der Waals surface area contributed by atoms with Crippen molar-refractivity contribution in [2.24, 2.45) is 11.8 Å². The molecule has 0 saturated carbocycles. The highest BCUT2D eigenvalue weighted by Gasteiger charge is 2.49. The van der Waals surface area contributed by atoms with E-state index in [0.717, 1.165) is 18.4 Å². The molecule has 88 valence electrons. The molecule has 0 aliphatic carbocycles. The minimum atomic E-state index is 0.332. The highest BCUT2D eigenvalue weighted by molar-refractivity contribution is 7.09. The Morgan fingerprint density at radius 1 is 1.56 bits per heavy atom. The molecule has 3 nitrogen and oxygen atoms in total. The number of nitrogens with one attached hydrogen (secondary N) is 1. The molecule has 2 aliphatic heterocycles. The van der Waals surface area contributed by atoms with Crippen LogP contribution in [-0.2, 0) is 6.54 Å². The van der Waals surface area contributed by atoms with Gasteiger partial charge in [0.1, 0.15) is 0 Å². The Balaban J connectivity index is 1.77. The summed E-state index contributed by atoms with van der Waals surface area (Å²) in [7, 11) is 0. The Bertz CT molecular complexity index is 360. The molecule has 0 bridgehead atoms. The van der Waals surface area contributed by atoms with Gasteiger partial charge < -0.3 is 5.32 Å². The van der Waals surface area contributed by atoms with Crippen LogP contribution in [0, 0.1) is 11.8 Å². The van der Waals surface area contributed by atoms with Gasteiger partial charge in [0.15, 0.2) is 0 Å². The molecule has 0 spiro atoms. The van der Waals surface area contributed by atoms with Crippen LogP contribution in [0.15, 0.2) is 11.7 Å². The van der Waals surface area contributed by atoms with Gasteiger partial charge in [0.2, 0.25) is 0 Å². The van der Waals surface area contributed by atoms with Gasteiger partial charge in [-0.2, -0.15) is 0 Å². The van der Waals surface area contributed by atoms with Crippen LogP contribution >= 0.6 is 11.3 Å². The molecule has 16 heavy (non-hydrogen) atoms. The number of hydrogen-bond acceptors (Lipinski definition) is 4. The highest BCUT2D eigenvalue weighted by atomic mass is 32.1. The molecule has 2 atom stereocenters. The van der Waals surface area contributed by atoms with Gasteiger partial charge in [-0.1, -0.05) is 0 Å². The van der Waals surface area contributed by atoms with E-state index in [2.05, 4.69) is 29.0 Å². The van der Waals surface area contributed by atoms with Crippen molar-refractivity contribution in [2.75, 3.05) is 19.6 Å². The molecule has 4 heteroatoms. The molecule has 2 saturated heterocycles. The molecule has 1 aromatic heterocycles. The predicted molar refractivity (Wildman–Crippen MR) is 66.5 cm³/mol. The van der Waals surface area contributed by atoms with Gasteiger partial charge in [0.05, 0.1) is 5.51 Å². The van der Waals surface area contributed by atoms with Crippen molar-refractivity contribution < 1.29 is 0 Å². The molecule has 1 N–H and O–H groups in total. The molecule has 0 aromatic carbocycles. The lowest BCUT2D eigenvalue weighted by atomic mass is 9.85. The Labute approximate surface area is 101 Å². The largest absolute Gasteiger partial charge is 0.316 e.